The fourth-order valence-electron chi connectivity index (χ4n) is 4.11. The van der Waals surface area contributed by atoms with Gasteiger partial charge in [-0.3, -0.25) is 14.9 Å². The molecule has 4 atom stereocenters. The molecule has 3 rings (SSSR count). The summed E-state index contributed by atoms with van der Waals surface area (Å²) in [7, 11) is 1.71. The minimum atomic E-state index is -0.406. The number of carbonyl (C=O) groups excluding carboxylic acids is 1. The topological polar surface area (TPSA) is 89.5 Å². The van der Waals surface area contributed by atoms with Gasteiger partial charge in [0.2, 0.25) is 5.91 Å². The molecule has 0 aromatic heterocycles. The quantitative estimate of drug-likeness (QED) is 0.673. The van der Waals surface area contributed by atoms with E-state index in [9.17, 15) is 14.9 Å². The van der Waals surface area contributed by atoms with Gasteiger partial charge in [0.25, 0.3) is 5.69 Å². The summed E-state index contributed by atoms with van der Waals surface area (Å²) in [5.41, 5.74) is 6.83. The fraction of sp³-hybridized carbons (Fsp3) is 0.562. The number of benzene rings is 1. The van der Waals surface area contributed by atoms with Crippen molar-refractivity contribution in [1.82, 2.24) is 4.90 Å². The Kier molecular flexibility index (Phi) is 5.26. The first-order chi connectivity index (χ1) is 10.5. The van der Waals surface area contributed by atoms with E-state index in [1.165, 1.54) is 6.07 Å². The Morgan fingerprint density at radius 1 is 1.35 bits per heavy atom. The van der Waals surface area contributed by atoms with Gasteiger partial charge in [0.1, 0.15) is 0 Å². The monoisotopic (exact) mass is 339 g/mol. The summed E-state index contributed by atoms with van der Waals surface area (Å²) in [6.07, 6.45) is 3.26. The third-order valence-electron chi connectivity index (χ3n) is 5.24. The third-order valence-corrected chi connectivity index (χ3v) is 5.24. The molecular weight excluding hydrogens is 318 g/mol. The van der Waals surface area contributed by atoms with E-state index in [-0.39, 0.29) is 42.5 Å². The Balaban J connectivity index is 0.00000192. The maximum atomic E-state index is 12.7. The van der Waals surface area contributed by atoms with Crippen molar-refractivity contribution >= 4 is 24.0 Å². The molecule has 0 spiro atoms. The highest BCUT2D eigenvalue weighted by Gasteiger charge is 2.49. The first-order valence-electron chi connectivity index (χ1n) is 7.72. The van der Waals surface area contributed by atoms with E-state index in [0.29, 0.717) is 17.4 Å². The van der Waals surface area contributed by atoms with Crippen LogP contribution in [0.25, 0.3) is 0 Å². The molecule has 23 heavy (non-hydrogen) atoms. The Morgan fingerprint density at radius 3 is 2.61 bits per heavy atom. The van der Waals surface area contributed by atoms with Crippen molar-refractivity contribution in [3.63, 3.8) is 0 Å². The van der Waals surface area contributed by atoms with Gasteiger partial charge >= 0.3 is 0 Å². The number of nitrogens with zero attached hydrogens (tertiary/aromatic N) is 2. The van der Waals surface area contributed by atoms with Crippen LogP contribution < -0.4 is 5.73 Å². The van der Waals surface area contributed by atoms with E-state index < -0.39 is 4.92 Å². The van der Waals surface area contributed by atoms with Crippen molar-refractivity contribution in [3.05, 3.63) is 39.9 Å². The van der Waals surface area contributed by atoms with Gasteiger partial charge in [-0.15, -0.1) is 12.4 Å². The number of nitrogens with two attached hydrogens (primary N) is 1. The first-order valence-corrected chi connectivity index (χ1v) is 7.72. The van der Waals surface area contributed by atoms with Crippen molar-refractivity contribution in [1.29, 1.82) is 0 Å². The molecule has 0 saturated heterocycles. The zero-order chi connectivity index (χ0) is 15.9. The molecule has 1 aromatic carbocycles. The largest absolute Gasteiger partial charge is 0.341 e. The predicted molar refractivity (Wildman–Crippen MR) is 89.1 cm³/mol. The average molecular weight is 340 g/mol. The fourth-order valence-corrected chi connectivity index (χ4v) is 4.11. The van der Waals surface area contributed by atoms with Gasteiger partial charge in [0.15, 0.2) is 0 Å². The molecule has 4 unspecified atom stereocenters. The number of halogens is 1. The lowest BCUT2D eigenvalue weighted by atomic mass is 9.84. The minimum Gasteiger partial charge on any atom is -0.341 e. The van der Waals surface area contributed by atoms with Gasteiger partial charge in [-0.2, -0.15) is 0 Å². The standard InChI is InChI=1S/C16H21N3O3.ClH/c1-18(9-12-4-2-3-5-13(12)19(21)22)16(20)14-10-6-7-11(8-10)15(14)17;/h2-5,10-11,14-15H,6-9,17H2,1H3;1H. The maximum Gasteiger partial charge on any atom is 0.274 e. The number of para-hydroxylation sites is 1. The van der Waals surface area contributed by atoms with E-state index in [0.717, 1.165) is 19.3 Å². The number of nitro groups is 1. The molecule has 2 aliphatic rings. The summed E-state index contributed by atoms with van der Waals surface area (Å²) in [6, 6.07) is 6.50. The van der Waals surface area contributed by atoms with Crippen LogP contribution in [0.15, 0.2) is 24.3 Å². The van der Waals surface area contributed by atoms with Crippen LogP contribution in [0.5, 0.6) is 0 Å². The molecule has 2 fully saturated rings. The number of amides is 1. The summed E-state index contributed by atoms with van der Waals surface area (Å²) in [5.74, 6) is 0.767. The maximum absolute atomic E-state index is 12.7. The number of fused-ring (bicyclic) bond motifs is 2. The number of hydrogen-bond acceptors (Lipinski definition) is 4. The lowest BCUT2D eigenvalue weighted by Crippen LogP contribution is -2.45. The predicted octanol–water partition coefficient (Wildman–Crippen LogP) is 2.35. The highest BCUT2D eigenvalue weighted by atomic mass is 35.5. The molecule has 126 valence electrons. The SMILES string of the molecule is CN(Cc1ccccc1[N+](=O)[O-])C(=O)C1C2CCC(C2)C1N.Cl. The van der Waals surface area contributed by atoms with Gasteiger partial charge in [0, 0.05) is 24.7 Å². The molecule has 2 N–H and O–H groups in total. The van der Waals surface area contributed by atoms with Crippen molar-refractivity contribution in [2.24, 2.45) is 23.5 Å². The summed E-state index contributed by atoms with van der Waals surface area (Å²) in [5, 5.41) is 11.1. The second-order valence-corrected chi connectivity index (χ2v) is 6.52. The van der Waals surface area contributed by atoms with Crippen molar-refractivity contribution in [2.45, 2.75) is 31.8 Å². The summed E-state index contributed by atoms with van der Waals surface area (Å²) in [4.78, 5) is 25.0. The Bertz CT molecular complexity index is 608. The van der Waals surface area contributed by atoms with E-state index in [1.54, 1.807) is 30.1 Å². The molecule has 2 bridgehead atoms. The first kappa shape index (κ1) is 17.7. The van der Waals surface area contributed by atoms with Crippen LogP contribution >= 0.6 is 12.4 Å². The van der Waals surface area contributed by atoms with Gasteiger partial charge in [-0.1, -0.05) is 18.2 Å². The molecule has 6 nitrogen and oxygen atoms in total. The second-order valence-electron chi connectivity index (χ2n) is 6.52. The molecule has 0 heterocycles. The van der Waals surface area contributed by atoms with Crippen LogP contribution in [0, 0.1) is 27.9 Å². The zero-order valence-corrected chi connectivity index (χ0v) is 13.9. The molecule has 0 radical (unpaired) electrons. The van der Waals surface area contributed by atoms with Crippen LogP contribution in [0.2, 0.25) is 0 Å². The Morgan fingerprint density at radius 2 is 2.00 bits per heavy atom. The highest BCUT2D eigenvalue weighted by Crippen LogP contribution is 2.48. The van der Waals surface area contributed by atoms with E-state index in [1.807, 2.05) is 0 Å². The van der Waals surface area contributed by atoms with E-state index in [2.05, 4.69) is 0 Å². The summed E-state index contributed by atoms with van der Waals surface area (Å²) >= 11 is 0. The molecular formula is C16H22ClN3O3. The van der Waals surface area contributed by atoms with Gasteiger partial charge in [-0.05, 0) is 31.1 Å². The normalized spacial score (nSPS) is 28.3. The zero-order valence-electron chi connectivity index (χ0n) is 13.1. The lowest BCUT2D eigenvalue weighted by molar-refractivity contribution is -0.385. The van der Waals surface area contributed by atoms with Crippen LogP contribution in [-0.4, -0.2) is 28.8 Å². The molecule has 1 amide bonds. The number of hydrogen-bond donors (Lipinski definition) is 1. The second kappa shape index (κ2) is 6.84. The van der Waals surface area contributed by atoms with E-state index in [4.69, 9.17) is 5.73 Å². The highest BCUT2D eigenvalue weighted by molar-refractivity contribution is 5.85. The van der Waals surface area contributed by atoms with Gasteiger partial charge < -0.3 is 10.6 Å². The minimum absolute atomic E-state index is 0. The summed E-state index contributed by atoms with van der Waals surface area (Å²) < 4.78 is 0. The molecule has 1 aromatic rings. The molecule has 7 heteroatoms. The molecule has 0 aliphatic heterocycles. The van der Waals surface area contributed by atoms with E-state index >= 15 is 0 Å². The number of rotatable bonds is 4. The van der Waals surface area contributed by atoms with Crippen LogP contribution in [-0.2, 0) is 11.3 Å². The molecule has 2 aliphatic carbocycles. The van der Waals surface area contributed by atoms with Crippen molar-refractivity contribution < 1.29 is 9.72 Å². The number of nitro benzene ring substituents is 1. The van der Waals surface area contributed by atoms with Crippen LogP contribution in [0.4, 0.5) is 5.69 Å². The lowest BCUT2D eigenvalue weighted by Gasteiger charge is -2.30. The van der Waals surface area contributed by atoms with Gasteiger partial charge in [0.05, 0.1) is 17.4 Å². The van der Waals surface area contributed by atoms with Crippen LogP contribution in [0.1, 0.15) is 24.8 Å². The van der Waals surface area contributed by atoms with Gasteiger partial charge in [-0.25, -0.2) is 0 Å². The summed E-state index contributed by atoms with van der Waals surface area (Å²) in [6.45, 7) is 0.247. The smallest absolute Gasteiger partial charge is 0.274 e. The van der Waals surface area contributed by atoms with Crippen LogP contribution in [0.3, 0.4) is 0 Å². The average Bonchev–Trinajstić information content (AvgIpc) is 3.07. The Labute approximate surface area is 141 Å². The number of carbonyl (C=O) groups is 1. The van der Waals surface area contributed by atoms with Crippen molar-refractivity contribution in [2.75, 3.05) is 7.05 Å². The van der Waals surface area contributed by atoms with Crippen molar-refractivity contribution in [3.8, 4) is 0 Å². The Hall–Kier alpha value is -1.66. The third kappa shape index (κ3) is 3.19. The molecule has 2 saturated carbocycles.